The Morgan fingerprint density at radius 3 is 2.62 bits per heavy atom. The molecule has 1 heterocycles. The molecule has 1 fully saturated rings. The maximum atomic E-state index is 12.8. The standard InChI is InChI=1S/C17H24F2N4O3/c18-17(19)16-15(22-24)11-23(21-16)14-5-3-13(4-6-14)12-26-10-2-9-25-8-1-7-20/h11,13-14,17H,1-6,8-10,12H2. The number of alkyl halides is 2. The Morgan fingerprint density at radius 1 is 1.27 bits per heavy atom. The lowest BCUT2D eigenvalue weighted by molar-refractivity contribution is 0.0550. The minimum absolute atomic E-state index is 0.0211. The van der Waals surface area contributed by atoms with Gasteiger partial charge >= 0.3 is 0 Å². The molecule has 0 N–H and O–H groups in total. The van der Waals surface area contributed by atoms with E-state index < -0.39 is 12.1 Å². The molecule has 9 heteroatoms. The Morgan fingerprint density at radius 2 is 2.00 bits per heavy atom. The molecule has 0 unspecified atom stereocenters. The maximum Gasteiger partial charge on any atom is 0.284 e. The van der Waals surface area contributed by atoms with E-state index in [2.05, 4.69) is 10.3 Å². The van der Waals surface area contributed by atoms with Gasteiger partial charge in [0.1, 0.15) is 0 Å². The predicted molar refractivity (Wildman–Crippen MR) is 90.1 cm³/mol. The van der Waals surface area contributed by atoms with Gasteiger partial charge in [-0.1, -0.05) is 0 Å². The first-order valence-corrected chi connectivity index (χ1v) is 8.88. The lowest BCUT2D eigenvalue weighted by Crippen LogP contribution is -2.22. The van der Waals surface area contributed by atoms with E-state index in [-0.39, 0.29) is 11.7 Å². The summed E-state index contributed by atoms with van der Waals surface area (Å²) in [6.07, 6.45) is 3.21. The van der Waals surface area contributed by atoms with Gasteiger partial charge in [-0.25, -0.2) is 8.78 Å². The van der Waals surface area contributed by atoms with Crippen molar-refractivity contribution < 1.29 is 18.3 Å². The molecule has 1 saturated carbocycles. The number of halogens is 2. The second-order valence-corrected chi connectivity index (χ2v) is 6.40. The van der Waals surface area contributed by atoms with E-state index in [4.69, 9.17) is 14.7 Å². The van der Waals surface area contributed by atoms with Gasteiger partial charge in [-0.3, -0.25) is 4.68 Å². The van der Waals surface area contributed by atoms with Crippen molar-refractivity contribution in [2.45, 2.75) is 51.0 Å². The molecule has 1 aromatic rings. The fourth-order valence-corrected chi connectivity index (χ4v) is 3.12. The third-order valence-corrected chi connectivity index (χ3v) is 4.52. The van der Waals surface area contributed by atoms with Gasteiger partial charge in [0.05, 0.1) is 31.3 Å². The predicted octanol–water partition coefficient (Wildman–Crippen LogP) is 4.29. The van der Waals surface area contributed by atoms with Crippen LogP contribution in [0.4, 0.5) is 14.5 Å². The second kappa shape index (κ2) is 10.9. The number of hydrogen-bond acceptors (Lipinski definition) is 6. The van der Waals surface area contributed by atoms with Crippen molar-refractivity contribution in [2.75, 3.05) is 26.4 Å². The molecule has 0 atom stereocenters. The third kappa shape index (κ3) is 6.11. The summed E-state index contributed by atoms with van der Waals surface area (Å²) in [6.45, 7) is 2.35. The number of nitroso groups, excluding NO2 is 1. The average Bonchev–Trinajstić information content (AvgIpc) is 3.09. The van der Waals surface area contributed by atoms with Crippen molar-refractivity contribution in [3.05, 3.63) is 16.8 Å². The number of nitrogens with zero attached hydrogens (tertiary/aromatic N) is 4. The number of nitriles is 1. The van der Waals surface area contributed by atoms with Crippen molar-refractivity contribution in [1.82, 2.24) is 9.78 Å². The summed E-state index contributed by atoms with van der Waals surface area (Å²) < 4.78 is 38.1. The summed E-state index contributed by atoms with van der Waals surface area (Å²) >= 11 is 0. The molecule has 0 amide bonds. The Bertz CT molecular complexity index is 595. The maximum absolute atomic E-state index is 12.8. The topological polar surface area (TPSA) is 89.5 Å². The van der Waals surface area contributed by atoms with Crippen LogP contribution in [0.1, 0.15) is 56.7 Å². The highest BCUT2D eigenvalue weighted by Gasteiger charge is 2.26. The molecule has 0 aliphatic heterocycles. The van der Waals surface area contributed by atoms with Crippen molar-refractivity contribution in [2.24, 2.45) is 11.1 Å². The quantitative estimate of drug-likeness (QED) is 0.428. The van der Waals surface area contributed by atoms with Crippen LogP contribution in [-0.4, -0.2) is 36.2 Å². The van der Waals surface area contributed by atoms with E-state index in [9.17, 15) is 13.7 Å². The molecule has 0 saturated heterocycles. The van der Waals surface area contributed by atoms with Crippen LogP contribution in [0, 0.1) is 22.2 Å². The molecule has 2 rings (SSSR count). The first kappa shape index (κ1) is 20.4. The van der Waals surface area contributed by atoms with E-state index in [0.29, 0.717) is 38.8 Å². The Labute approximate surface area is 151 Å². The molecular weight excluding hydrogens is 346 g/mol. The highest BCUT2D eigenvalue weighted by atomic mass is 19.3. The molecule has 7 nitrogen and oxygen atoms in total. The van der Waals surface area contributed by atoms with Gasteiger partial charge in [-0.2, -0.15) is 10.4 Å². The monoisotopic (exact) mass is 370 g/mol. The number of hydrogen-bond donors (Lipinski definition) is 0. The van der Waals surface area contributed by atoms with Gasteiger partial charge in [0.2, 0.25) is 0 Å². The summed E-state index contributed by atoms with van der Waals surface area (Å²) in [7, 11) is 0. The molecule has 26 heavy (non-hydrogen) atoms. The third-order valence-electron chi connectivity index (χ3n) is 4.52. The largest absolute Gasteiger partial charge is 0.381 e. The summed E-state index contributed by atoms with van der Waals surface area (Å²) in [4.78, 5) is 10.6. The lowest BCUT2D eigenvalue weighted by Gasteiger charge is -2.28. The highest BCUT2D eigenvalue weighted by Crippen LogP contribution is 2.35. The number of aromatic nitrogens is 2. The van der Waals surface area contributed by atoms with Gasteiger partial charge < -0.3 is 9.47 Å². The van der Waals surface area contributed by atoms with Gasteiger partial charge in [-0.15, -0.1) is 4.91 Å². The molecule has 0 bridgehead atoms. The van der Waals surface area contributed by atoms with Crippen LogP contribution in [0.3, 0.4) is 0 Å². The fourth-order valence-electron chi connectivity index (χ4n) is 3.12. The van der Waals surface area contributed by atoms with Crippen molar-refractivity contribution in [1.29, 1.82) is 5.26 Å². The zero-order valence-corrected chi connectivity index (χ0v) is 14.6. The van der Waals surface area contributed by atoms with E-state index in [0.717, 1.165) is 32.1 Å². The van der Waals surface area contributed by atoms with Gasteiger partial charge in [-0.05, 0) is 43.2 Å². The van der Waals surface area contributed by atoms with Crippen LogP contribution < -0.4 is 0 Å². The number of rotatable bonds is 11. The van der Waals surface area contributed by atoms with Gasteiger partial charge in [0, 0.05) is 19.8 Å². The summed E-state index contributed by atoms with van der Waals surface area (Å²) in [5.41, 5.74) is -0.815. The summed E-state index contributed by atoms with van der Waals surface area (Å²) in [5.74, 6) is 0.444. The molecule has 0 radical (unpaired) electrons. The van der Waals surface area contributed by atoms with E-state index in [1.165, 1.54) is 10.9 Å². The zero-order valence-electron chi connectivity index (χ0n) is 14.6. The van der Waals surface area contributed by atoms with Crippen LogP contribution in [0.15, 0.2) is 11.4 Å². The molecule has 1 aromatic heterocycles. The molecule has 1 aliphatic rings. The van der Waals surface area contributed by atoms with Crippen LogP contribution in [0.2, 0.25) is 0 Å². The van der Waals surface area contributed by atoms with Crippen molar-refractivity contribution in [3.63, 3.8) is 0 Å². The summed E-state index contributed by atoms with van der Waals surface area (Å²) in [5, 5.41) is 14.9. The zero-order chi connectivity index (χ0) is 18.8. The van der Waals surface area contributed by atoms with Crippen LogP contribution >= 0.6 is 0 Å². The molecule has 0 aromatic carbocycles. The van der Waals surface area contributed by atoms with E-state index >= 15 is 0 Å². The van der Waals surface area contributed by atoms with Gasteiger partial charge in [0.15, 0.2) is 11.4 Å². The first-order chi connectivity index (χ1) is 12.7. The molecule has 144 valence electrons. The molecule has 0 spiro atoms. The Hall–Kier alpha value is -1.92. The fraction of sp³-hybridized carbons (Fsp3) is 0.765. The van der Waals surface area contributed by atoms with E-state index in [1.807, 2.05) is 6.07 Å². The minimum Gasteiger partial charge on any atom is -0.381 e. The van der Waals surface area contributed by atoms with E-state index in [1.54, 1.807) is 0 Å². The van der Waals surface area contributed by atoms with Crippen molar-refractivity contribution >= 4 is 5.69 Å². The molecular formula is C17H24F2N4O3. The minimum atomic E-state index is -2.79. The Balaban J connectivity index is 1.65. The first-order valence-electron chi connectivity index (χ1n) is 8.88. The summed E-state index contributed by atoms with van der Waals surface area (Å²) in [6, 6.07) is 2.04. The van der Waals surface area contributed by atoms with Crippen LogP contribution in [-0.2, 0) is 9.47 Å². The van der Waals surface area contributed by atoms with Crippen LogP contribution in [0.5, 0.6) is 0 Å². The van der Waals surface area contributed by atoms with Crippen molar-refractivity contribution in [3.8, 4) is 6.07 Å². The SMILES string of the molecule is N#CCCOCCCOCC1CCC(n2cc(N=O)c(C(F)F)n2)CC1. The van der Waals surface area contributed by atoms with Gasteiger partial charge in [0.25, 0.3) is 6.43 Å². The van der Waals surface area contributed by atoms with Crippen LogP contribution in [0.25, 0.3) is 0 Å². The molecule has 1 aliphatic carbocycles. The second-order valence-electron chi connectivity index (χ2n) is 6.40. The average molecular weight is 370 g/mol. The highest BCUT2D eigenvalue weighted by molar-refractivity contribution is 5.40. The lowest BCUT2D eigenvalue weighted by atomic mass is 9.86. The normalized spacial score (nSPS) is 20.2. The Kier molecular flexibility index (Phi) is 8.58. The number of ether oxygens (including phenoxy) is 2. The smallest absolute Gasteiger partial charge is 0.284 e.